The zero-order valence-electron chi connectivity index (χ0n) is 19.0. The molecule has 0 spiro atoms. The third-order valence-corrected chi connectivity index (χ3v) is 5.69. The number of carbonyl (C=O) groups is 2. The molecule has 0 bridgehead atoms. The summed E-state index contributed by atoms with van der Waals surface area (Å²) >= 11 is 0. The summed E-state index contributed by atoms with van der Waals surface area (Å²) in [5.41, 5.74) is 1.76. The number of aromatic nitrogens is 1. The summed E-state index contributed by atoms with van der Waals surface area (Å²) in [5, 5.41) is 3.75. The van der Waals surface area contributed by atoms with Gasteiger partial charge in [-0.1, -0.05) is 19.1 Å². The van der Waals surface area contributed by atoms with Gasteiger partial charge in [-0.05, 0) is 68.1 Å². The molecule has 1 fully saturated rings. The maximum absolute atomic E-state index is 12.4. The Bertz CT molecular complexity index is 1130. The van der Waals surface area contributed by atoms with Crippen LogP contribution < -0.4 is 15.0 Å². The van der Waals surface area contributed by atoms with Crippen LogP contribution >= 0.6 is 0 Å². The van der Waals surface area contributed by atoms with E-state index < -0.39 is 0 Å². The van der Waals surface area contributed by atoms with E-state index in [-0.39, 0.29) is 18.5 Å². The van der Waals surface area contributed by atoms with Crippen molar-refractivity contribution in [2.45, 2.75) is 26.7 Å². The molecule has 1 atom stereocenters. The summed E-state index contributed by atoms with van der Waals surface area (Å²) in [6.45, 7) is 6.20. The molecule has 33 heavy (non-hydrogen) atoms. The van der Waals surface area contributed by atoms with Gasteiger partial charge in [0.1, 0.15) is 17.1 Å². The number of piperidine rings is 1. The first-order chi connectivity index (χ1) is 16.0. The second kappa shape index (κ2) is 10.3. The van der Waals surface area contributed by atoms with E-state index in [2.05, 4.69) is 29.3 Å². The fourth-order valence-corrected chi connectivity index (χ4v) is 4.04. The summed E-state index contributed by atoms with van der Waals surface area (Å²) in [7, 11) is 0. The van der Waals surface area contributed by atoms with Crippen molar-refractivity contribution >= 4 is 34.3 Å². The van der Waals surface area contributed by atoms with E-state index in [9.17, 15) is 9.59 Å². The monoisotopic (exact) mass is 447 g/mol. The van der Waals surface area contributed by atoms with Crippen molar-refractivity contribution in [1.29, 1.82) is 0 Å². The fourth-order valence-electron chi connectivity index (χ4n) is 4.04. The minimum absolute atomic E-state index is 0.147. The van der Waals surface area contributed by atoms with Crippen molar-refractivity contribution in [2.75, 3.05) is 36.5 Å². The fraction of sp³-hybridized carbons (Fsp3) is 0.346. The van der Waals surface area contributed by atoms with Crippen molar-refractivity contribution in [3.05, 3.63) is 60.2 Å². The van der Waals surface area contributed by atoms with Crippen LogP contribution in [0.25, 0.3) is 10.9 Å². The second-order valence-electron chi connectivity index (χ2n) is 8.33. The number of esters is 1. The summed E-state index contributed by atoms with van der Waals surface area (Å²) in [5.74, 6) is 1.48. The van der Waals surface area contributed by atoms with Crippen LogP contribution in [0.3, 0.4) is 0 Å². The molecule has 0 unspecified atom stereocenters. The molecule has 1 N–H and O–H groups in total. The van der Waals surface area contributed by atoms with Crippen LogP contribution in [0, 0.1) is 5.92 Å². The predicted octanol–water partition coefficient (Wildman–Crippen LogP) is 4.67. The van der Waals surface area contributed by atoms with Gasteiger partial charge in [0.05, 0.1) is 12.2 Å². The molecule has 1 aliphatic heterocycles. The summed E-state index contributed by atoms with van der Waals surface area (Å²) < 4.78 is 10.8. The number of carbonyl (C=O) groups excluding carboxylic acids is 2. The largest absolute Gasteiger partial charge is 0.481 e. The Morgan fingerprint density at radius 2 is 1.94 bits per heavy atom. The zero-order valence-corrected chi connectivity index (χ0v) is 19.0. The van der Waals surface area contributed by atoms with Gasteiger partial charge in [0.25, 0.3) is 5.91 Å². The molecule has 2 heterocycles. The van der Waals surface area contributed by atoms with E-state index in [1.165, 1.54) is 12.8 Å². The molecule has 0 saturated carbocycles. The number of hydrogen-bond acceptors (Lipinski definition) is 6. The first kappa shape index (κ1) is 22.6. The van der Waals surface area contributed by atoms with Gasteiger partial charge in [-0.2, -0.15) is 0 Å². The Morgan fingerprint density at radius 3 is 2.70 bits per heavy atom. The lowest BCUT2D eigenvalue weighted by Gasteiger charge is -2.32. The molecular weight excluding hydrogens is 418 g/mol. The van der Waals surface area contributed by atoms with Gasteiger partial charge in [-0.25, -0.2) is 9.78 Å². The maximum Gasteiger partial charge on any atom is 0.338 e. The Balaban J connectivity index is 1.41. The zero-order chi connectivity index (χ0) is 23.2. The Kier molecular flexibility index (Phi) is 7.07. The van der Waals surface area contributed by atoms with E-state index in [0.717, 1.165) is 29.8 Å². The standard InChI is InChI=1S/C26H29N3O4/c1-3-32-26(31)20-9-12-21(13-10-20)27-24(30)17-33-22-8-4-7-19-11-14-23(28-25(19)22)29-15-5-6-18(2)16-29/h4,7-14,18H,3,5-6,15-17H2,1-2H3,(H,27,30)/t18-/m0/s1. The first-order valence-corrected chi connectivity index (χ1v) is 11.4. The molecule has 4 rings (SSSR count). The molecule has 7 nitrogen and oxygen atoms in total. The summed E-state index contributed by atoms with van der Waals surface area (Å²) in [6.07, 6.45) is 2.42. The van der Waals surface area contributed by atoms with Gasteiger partial charge in [-0.15, -0.1) is 0 Å². The van der Waals surface area contributed by atoms with Crippen molar-refractivity contribution in [2.24, 2.45) is 5.92 Å². The molecule has 0 radical (unpaired) electrons. The molecule has 1 aliphatic rings. The molecule has 2 aromatic carbocycles. The van der Waals surface area contributed by atoms with E-state index in [1.807, 2.05) is 18.2 Å². The SMILES string of the molecule is CCOC(=O)c1ccc(NC(=O)COc2cccc3ccc(N4CCC[C@H](C)C4)nc23)cc1. The minimum atomic E-state index is -0.388. The summed E-state index contributed by atoms with van der Waals surface area (Å²) in [6, 6.07) is 16.4. The van der Waals surface area contributed by atoms with Crippen LogP contribution in [0.2, 0.25) is 0 Å². The molecule has 172 valence electrons. The first-order valence-electron chi connectivity index (χ1n) is 11.4. The lowest BCUT2D eigenvalue weighted by Crippen LogP contribution is -2.34. The van der Waals surface area contributed by atoms with Gasteiger partial charge < -0.3 is 19.7 Å². The van der Waals surface area contributed by atoms with Gasteiger partial charge in [0, 0.05) is 24.2 Å². The molecule has 0 aliphatic carbocycles. The normalized spacial score (nSPS) is 15.8. The Hall–Kier alpha value is -3.61. The summed E-state index contributed by atoms with van der Waals surface area (Å²) in [4.78, 5) is 31.4. The average Bonchev–Trinajstić information content (AvgIpc) is 2.83. The van der Waals surface area contributed by atoms with Gasteiger partial charge in [0.2, 0.25) is 0 Å². The van der Waals surface area contributed by atoms with Gasteiger partial charge in [-0.3, -0.25) is 4.79 Å². The van der Waals surface area contributed by atoms with Crippen LogP contribution in [-0.2, 0) is 9.53 Å². The quantitative estimate of drug-likeness (QED) is 0.531. The number of nitrogens with zero attached hydrogens (tertiary/aromatic N) is 2. The molecule has 1 saturated heterocycles. The highest BCUT2D eigenvalue weighted by Gasteiger charge is 2.18. The highest BCUT2D eigenvalue weighted by molar-refractivity contribution is 5.94. The number of amides is 1. The number of para-hydroxylation sites is 1. The molecule has 1 aromatic heterocycles. The number of benzene rings is 2. The van der Waals surface area contributed by atoms with Crippen molar-refractivity contribution in [1.82, 2.24) is 4.98 Å². The number of hydrogen-bond donors (Lipinski definition) is 1. The Labute approximate surface area is 193 Å². The van der Waals surface area contributed by atoms with Crippen LogP contribution in [0.15, 0.2) is 54.6 Å². The number of pyridine rings is 1. The van der Waals surface area contributed by atoms with Crippen molar-refractivity contribution in [3.63, 3.8) is 0 Å². The van der Waals surface area contributed by atoms with E-state index >= 15 is 0 Å². The number of anilines is 2. The Morgan fingerprint density at radius 1 is 1.12 bits per heavy atom. The average molecular weight is 448 g/mol. The topological polar surface area (TPSA) is 80.8 Å². The third kappa shape index (κ3) is 5.61. The van der Waals surface area contributed by atoms with Crippen LogP contribution in [0.4, 0.5) is 11.5 Å². The van der Waals surface area contributed by atoms with E-state index in [4.69, 9.17) is 14.5 Å². The highest BCUT2D eigenvalue weighted by Crippen LogP contribution is 2.28. The molecule has 1 amide bonds. The molecule has 3 aromatic rings. The van der Waals surface area contributed by atoms with Crippen molar-refractivity contribution in [3.8, 4) is 5.75 Å². The molecule has 7 heteroatoms. The highest BCUT2D eigenvalue weighted by atomic mass is 16.5. The van der Waals surface area contributed by atoms with E-state index in [1.54, 1.807) is 31.2 Å². The number of fused-ring (bicyclic) bond motifs is 1. The van der Waals surface area contributed by atoms with E-state index in [0.29, 0.717) is 29.5 Å². The number of nitrogens with one attached hydrogen (secondary N) is 1. The smallest absolute Gasteiger partial charge is 0.338 e. The second-order valence-corrected chi connectivity index (χ2v) is 8.33. The number of rotatable bonds is 7. The minimum Gasteiger partial charge on any atom is -0.481 e. The lowest BCUT2D eigenvalue weighted by molar-refractivity contribution is -0.118. The predicted molar refractivity (Wildman–Crippen MR) is 129 cm³/mol. The van der Waals surface area contributed by atoms with Crippen LogP contribution in [-0.4, -0.2) is 43.2 Å². The third-order valence-electron chi connectivity index (χ3n) is 5.69. The van der Waals surface area contributed by atoms with Crippen LogP contribution in [0.5, 0.6) is 5.75 Å². The molecular formula is C26H29N3O4. The maximum atomic E-state index is 12.4. The number of ether oxygens (including phenoxy) is 2. The lowest BCUT2D eigenvalue weighted by atomic mass is 10.0. The van der Waals surface area contributed by atoms with Crippen LogP contribution in [0.1, 0.15) is 37.0 Å². The van der Waals surface area contributed by atoms with Gasteiger partial charge >= 0.3 is 5.97 Å². The van der Waals surface area contributed by atoms with Gasteiger partial charge in [0.15, 0.2) is 6.61 Å². The van der Waals surface area contributed by atoms with Crippen molar-refractivity contribution < 1.29 is 19.1 Å².